The molecule has 2 aromatic rings. The summed E-state index contributed by atoms with van der Waals surface area (Å²) in [7, 11) is 5.25. The zero-order chi connectivity index (χ0) is 20.2. The van der Waals surface area contributed by atoms with Crippen LogP contribution in [0.1, 0.15) is 10.4 Å². The van der Waals surface area contributed by atoms with Gasteiger partial charge in [0.1, 0.15) is 18.1 Å². The number of hydrogen-bond acceptors (Lipinski definition) is 4. The van der Waals surface area contributed by atoms with E-state index in [2.05, 4.69) is 15.6 Å². The Kier molecular flexibility index (Phi) is 8.65. The first kappa shape index (κ1) is 21.1. The number of hydrogen-bond donors (Lipinski definition) is 2. The van der Waals surface area contributed by atoms with Gasteiger partial charge in [0.2, 0.25) is 0 Å². The number of aliphatic imine (C=N–C) groups is 1. The molecule has 7 heteroatoms. The third-order valence-corrected chi connectivity index (χ3v) is 4.04. The molecule has 0 unspecified atom stereocenters. The van der Waals surface area contributed by atoms with Crippen molar-refractivity contribution in [1.29, 1.82) is 0 Å². The average Bonchev–Trinajstić information content (AvgIpc) is 2.74. The highest BCUT2D eigenvalue weighted by Gasteiger charge is 2.08. The second kappa shape index (κ2) is 11.5. The zero-order valence-corrected chi connectivity index (χ0v) is 16.6. The first-order valence-corrected chi connectivity index (χ1v) is 9.16. The molecule has 0 aromatic heterocycles. The van der Waals surface area contributed by atoms with Crippen molar-refractivity contribution < 1.29 is 14.3 Å². The Bertz CT molecular complexity index is 765. The van der Waals surface area contributed by atoms with E-state index in [1.165, 1.54) is 0 Å². The van der Waals surface area contributed by atoms with Crippen molar-refractivity contribution in [3.05, 3.63) is 60.2 Å². The Hall–Kier alpha value is -3.22. The molecule has 2 aromatic carbocycles. The first-order valence-electron chi connectivity index (χ1n) is 9.16. The van der Waals surface area contributed by atoms with E-state index in [1.54, 1.807) is 38.4 Å². The molecule has 150 valence electrons. The van der Waals surface area contributed by atoms with Crippen LogP contribution in [0.2, 0.25) is 0 Å². The lowest BCUT2D eigenvalue weighted by Gasteiger charge is -2.22. The van der Waals surface area contributed by atoms with Gasteiger partial charge in [0.25, 0.3) is 5.91 Å². The van der Waals surface area contributed by atoms with Crippen LogP contribution in [0, 0.1) is 0 Å². The van der Waals surface area contributed by atoms with E-state index in [9.17, 15) is 4.79 Å². The molecule has 0 aliphatic heterocycles. The standard InChI is InChI=1S/C21H28N4O3/c1-22-21(25(2)14-15-28-18-9-5-4-6-10-18)24-13-12-23-20(26)17-8-7-11-19(16-17)27-3/h4-11,16H,12-15H2,1-3H3,(H,22,24)(H,23,26). The number of carbonyl (C=O) groups excluding carboxylic acids is 1. The van der Waals surface area contributed by atoms with Crippen molar-refractivity contribution >= 4 is 11.9 Å². The summed E-state index contributed by atoms with van der Waals surface area (Å²) in [5, 5.41) is 6.11. The second-order valence-electron chi connectivity index (χ2n) is 6.04. The molecule has 0 aliphatic carbocycles. The van der Waals surface area contributed by atoms with Crippen molar-refractivity contribution in [3.63, 3.8) is 0 Å². The molecule has 28 heavy (non-hydrogen) atoms. The van der Waals surface area contributed by atoms with Crippen molar-refractivity contribution in [2.45, 2.75) is 0 Å². The second-order valence-corrected chi connectivity index (χ2v) is 6.04. The maximum absolute atomic E-state index is 12.2. The number of carbonyl (C=O) groups is 1. The molecule has 2 N–H and O–H groups in total. The van der Waals surface area contributed by atoms with Gasteiger partial charge in [-0.25, -0.2) is 0 Å². The monoisotopic (exact) mass is 384 g/mol. The average molecular weight is 384 g/mol. The van der Waals surface area contributed by atoms with E-state index in [4.69, 9.17) is 9.47 Å². The Labute approximate surface area is 166 Å². The minimum atomic E-state index is -0.139. The van der Waals surface area contributed by atoms with Crippen LogP contribution in [-0.2, 0) is 0 Å². The number of nitrogens with one attached hydrogen (secondary N) is 2. The third kappa shape index (κ3) is 6.83. The number of guanidine groups is 1. The Morgan fingerprint density at radius 3 is 2.46 bits per heavy atom. The van der Waals surface area contributed by atoms with E-state index in [1.807, 2.05) is 42.3 Å². The fraction of sp³-hybridized carbons (Fsp3) is 0.333. The maximum atomic E-state index is 12.2. The van der Waals surface area contributed by atoms with Crippen LogP contribution in [0.3, 0.4) is 0 Å². The van der Waals surface area contributed by atoms with Crippen LogP contribution in [0.5, 0.6) is 11.5 Å². The fourth-order valence-electron chi connectivity index (χ4n) is 2.52. The molecule has 0 atom stereocenters. The van der Waals surface area contributed by atoms with Gasteiger partial charge in [-0.3, -0.25) is 9.79 Å². The summed E-state index contributed by atoms with van der Waals surface area (Å²) in [4.78, 5) is 18.4. The minimum Gasteiger partial charge on any atom is -0.497 e. The highest BCUT2D eigenvalue weighted by Crippen LogP contribution is 2.12. The van der Waals surface area contributed by atoms with Crippen LogP contribution in [0.25, 0.3) is 0 Å². The van der Waals surface area contributed by atoms with Gasteiger partial charge in [0.15, 0.2) is 5.96 Å². The quantitative estimate of drug-likeness (QED) is 0.393. The number of amides is 1. The Morgan fingerprint density at radius 1 is 1.04 bits per heavy atom. The topological polar surface area (TPSA) is 75.2 Å². The molecule has 0 fully saturated rings. The number of para-hydroxylation sites is 1. The van der Waals surface area contributed by atoms with E-state index in [-0.39, 0.29) is 5.91 Å². The number of likely N-dealkylation sites (N-methyl/N-ethyl adjacent to an activating group) is 1. The molecular weight excluding hydrogens is 356 g/mol. The zero-order valence-electron chi connectivity index (χ0n) is 16.6. The smallest absolute Gasteiger partial charge is 0.251 e. The van der Waals surface area contributed by atoms with Gasteiger partial charge in [-0.2, -0.15) is 0 Å². The third-order valence-electron chi connectivity index (χ3n) is 4.04. The lowest BCUT2D eigenvalue weighted by atomic mass is 10.2. The van der Waals surface area contributed by atoms with Crippen LogP contribution in [0.15, 0.2) is 59.6 Å². The molecular formula is C21H28N4O3. The molecule has 0 spiro atoms. The summed E-state index contributed by atoms with van der Waals surface area (Å²) in [5.74, 6) is 2.11. The van der Waals surface area contributed by atoms with Crippen LogP contribution in [0.4, 0.5) is 0 Å². The molecule has 0 radical (unpaired) electrons. The summed E-state index contributed by atoms with van der Waals surface area (Å²) in [6, 6.07) is 16.8. The molecule has 0 bridgehead atoms. The van der Waals surface area contributed by atoms with E-state index >= 15 is 0 Å². The first-order chi connectivity index (χ1) is 13.6. The molecule has 1 amide bonds. The van der Waals surface area contributed by atoms with Crippen molar-refractivity contribution in [2.75, 3.05) is 47.4 Å². The normalized spacial score (nSPS) is 10.9. The molecule has 2 rings (SSSR count). The van der Waals surface area contributed by atoms with Crippen LogP contribution in [-0.4, -0.2) is 64.2 Å². The predicted octanol–water partition coefficient (Wildman–Crippen LogP) is 2.01. The van der Waals surface area contributed by atoms with Gasteiger partial charge in [0, 0.05) is 32.7 Å². The summed E-state index contributed by atoms with van der Waals surface area (Å²) in [6.45, 7) is 2.27. The number of rotatable bonds is 9. The number of nitrogens with zero attached hydrogens (tertiary/aromatic N) is 2. The minimum absolute atomic E-state index is 0.139. The lowest BCUT2D eigenvalue weighted by Crippen LogP contribution is -2.43. The number of methoxy groups -OCH3 is 1. The Morgan fingerprint density at radius 2 is 1.75 bits per heavy atom. The highest BCUT2D eigenvalue weighted by molar-refractivity contribution is 5.94. The fourth-order valence-corrected chi connectivity index (χ4v) is 2.52. The maximum Gasteiger partial charge on any atom is 0.251 e. The summed E-state index contributed by atoms with van der Waals surface area (Å²) in [5.41, 5.74) is 0.568. The van der Waals surface area contributed by atoms with Crippen LogP contribution < -0.4 is 20.1 Å². The van der Waals surface area contributed by atoms with Gasteiger partial charge in [-0.05, 0) is 30.3 Å². The lowest BCUT2D eigenvalue weighted by molar-refractivity contribution is 0.0954. The SMILES string of the molecule is CN=C(NCCNC(=O)c1cccc(OC)c1)N(C)CCOc1ccccc1. The largest absolute Gasteiger partial charge is 0.497 e. The van der Waals surface area contributed by atoms with Gasteiger partial charge in [0.05, 0.1) is 13.7 Å². The van der Waals surface area contributed by atoms with Crippen molar-refractivity contribution in [2.24, 2.45) is 4.99 Å². The molecule has 0 saturated carbocycles. The number of benzene rings is 2. The van der Waals surface area contributed by atoms with Crippen molar-refractivity contribution in [1.82, 2.24) is 15.5 Å². The van der Waals surface area contributed by atoms with Gasteiger partial charge in [-0.15, -0.1) is 0 Å². The molecule has 0 heterocycles. The van der Waals surface area contributed by atoms with E-state index < -0.39 is 0 Å². The summed E-state index contributed by atoms with van der Waals surface area (Å²) >= 11 is 0. The van der Waals surface area contributed by atoms with Gasteiger partial charge >= 0.3 is 0 Å². The van der Waals surface area contributed by atoms with E-state index in [0.717, 1.165) is 11.7 Å². The summed E-state index contributed by atoms with van der Waals surface area (Å²) in [6.07, 6.45) is 0. The van der Waals surface area contributed by atoms with Gasteiger partial charge in [-0.1, -0.05) is 24.3 Å². The van der Waals surface area contributed by atoms with Crippen molar-refractivity contribution in [3.8, 4) is 11.5 Å². The number of ether oxygens (including phenoxy) is 2. The Balaban J connectivity index is 1.69. The van der Waals surface area contributed by atoms with Crippen LogP contribution >= 0.6 is 0 Å². The predicted molar refractivity (Wildman–Crippen MR) is 111 cm³/mol. The van der Waals surface area contributed by atoms with E-state index in [0.29, 0.717) is 37.6 Å². The molecule has 0 saturated heterocycles. The summed E-state index contributed by atoms with van der Waals surface area (Å²) < 4.78 is 10.8. The highest BCUT2D eigenvalue weighted by atomic mass is 16.5. The molecule has 7 nitrogen and oxygen atoms in total. The van der Waals surface area contributed by atoms with Gasteiger partial charge < -0.3 is 25.0 Å². The molecule has 0 aliphatic rings.